The first-order valence-electron chi connectivity index (χ1n) is 7.53. The lowest BCUT2D eigenvalue weighted by atomic mass is 10.1. The van der Waals surface area contributed by atoms with Gasteiger partial charge in [0.15, 0.2) is 5.58 Å². The summed E-state index contributed by atoms with van der Waals surface area (Å²) in [6.07, 6.45) is 0.00903. The second-order valence-corrected chi connectivity index (χ2v) is 7.37. The number of nitrogens with zero attached hydrogens (tertiary/aromatic N) is 1. The average molecular weight is 359 g/mol. The van der Waals surface area contributed by atoms with Gasteiger partial charge in [-0.25, -0.2) is 13.6 Å². The largest absolute Gasteiger partial charge is 0.356 e. The third-order valence-corrected chi connectivity index (χ3v) is 4.92. The Balaban J connectivity index is 1.87. The van der Waals surface area contributed by atoms with Gasteiger partial charge in [-0.3, -0.25) is 4.79 Å². The molecule has 1 aromatic heterocycles. The van der Waals surface area contributed by atoms with Gasteiger partial charge in [-0.1, -0.05) is 17.3 Å². The number of nitrogens with one attached hydrogen (secondary N) is 1. The Labute approximate surface area is 144 Å². The molecule has 0 atom stereocenters. The number of benzene rings is 2. The maximum atomic E-state index is 12.4. The van der Waals surface area contributed by atoms with Crippen LogP contribution in [0.1, 0.15) is 16.8 Å². The van der Waals surface area contributed by atoms with Crippen molar-refractivity contribution in [1.29, 1.82) is 0 Å². The molecular weight excluding hydrogens is 342 g/mol. The van der Waals surface area contributed by atoms with E-state index in [2.05, 4.69) is 10.5 Å². The van der Waals surface area contributed by atoms with Crippen LogP contribution in [0.2, 0.25) is 0 Å². The minimum atomic E-state index is -3.86. The van der Waals surface area contributed by atoms with Crippen LogP contribution in [-0.4, -0.2) is 19.5 Å². The van der Waals surface area contributed by atoms with Gasteiger partial charge in [0.2, 0.25) is 15.9 Å². The monoisotopic (exact) mass is 359 g/mol. The number of nitrogens with two attached hydrogens (primary N) is 1. The molecular formula is C17H17N3O4S. The van der Waals surface area contributed by atoms with Crippen molar-refractivity contribution in [2.45, 2.75) is 25.2 Å². The van der Waals surface area contributed by atoms with Gasteiger partial charge >= 0.3 is 0 Å². The number of sulfonamides is 1. The van der Waals surface area contributed by atoms with E-state index < -0.39 is 10.0 Å². The van der Waals surface area contributed by atoms with Crippen molar-refractivity contribution in [3.05, 3.63) is 53.2 Å². The van der Waals surface area contributed by atoms with Gasteiger partial charge in [0.25, 0.3) is 0 Å². The molecule has 1 heterocycles. The van der Waals surface area contributed by atoms with Gasteiger partial charge < -0.3 is 9.84 Å². The topological polar surface area (TPSA) is 115 Å². The molecule has 3 aromatic rings. The summed E-state index contributed by atoms with van der Waals surface area (Å²) in [5.74, 6) is -0.326. The van der Waals surface area contributed by atoms with Crippen molar-refractivity contribution in [2.24, 2.45) is 5.14 Å². The molecule has 2 aromatic carbocycles. The zero-order valence-corrected chi connectivity index (χ0v) is 14.6. The number of fused-ring (bicyclic) bond motifs is 1. The Morgan fingerprint density at radius 2 is 1.96 bits per heavy atom. The number of hydrogen-bond acceptors (Lipinski definition) is 5. The Kier molecular flexibility index (Phi) is 4.32. The van der Waals surface area contributed by atoms with E-state index in [0.717, 1.165) is 10.9 Å². The fourth-order valence-corrected chi connectivity index (χ4v) is 3.16. The van der Waals surface area contributed by atoms with E-state index in [1.165, 1.54) is 12.1 Å². The lowest BCUT2D eigenvalue weighted by Gasteiger charge is -2.12. The van der Waals surface area contributed by atoms with Crippen molar-refractivity contribution in [3.8, 4) is 0 Å². The van der Waals surface area contributed by atoms with Crippen LogP contribution in [0.4, 0.5) is 5.69 Å². The van der Waals surface area contributed by atoms with E-state index in [9.17, 15) is 13.2 Å². The van der Waals surface area contributed by atoms with E-state index in [-0.39, 0.29) is 17.2 Å². The van der Waals surface area contributed by atoms with E-state index in [4.69, 9.17) is 9.66 Å². The smallest absolute Gasteiger partial charge is 0.238 e. The van der Waals surface area contributed by atoms with Crippen LogP contribution in [-0.2, 0) is 21.2 Å². The predicted molar refractivity (Wildman–Crippen MR) is 93.6 cm³/mol. The quantitative estimate of drug-likeness (QED) is 0.741. The fraction of sp³-hybridized carbons (Fsp3) is 0.176. The van der Waals surface area contributed by atoms with Gasteiger partial charge in [0.05, 0.1) is 11.3 Å². The SMILES string of the molecule is Cc1cc(S(N)(=O)=O)cc(NC(=O)Cc2noc3ccccc23)c1C. The number of amides is 1. The van der Waals surface area contributed by atoms with Crippen molar-refractivity contribution >= 4 is 32.6 Å². The molecule has 0 saturated carbocycles. The summed E-state index contributed by atoms with van der Waals surface area (Å²) < 4.78 is 28.3. The molecule has 7 nitrogen and oxygen atoms in total. The van der Waals surface area contributed by atoms with Gasteiger partial charge in [-0.15, -0.1) is 0 Å². The normalized spacial score (nSPS) is 11.6. The molecule has 3 rings (SSSR count). The number of rotatable bonds is 4. The highest BCUT2D eigenvalue weighted by Gasteiger charge is 2.16. The van der Waals surface area contributed by atoms with Crippen LogP contribution in [0, 0.1) is 13.8 Å². The molecule has 130 valence electrons. The summed E-state index contributed by atoms with van der Waals surface area (Å²) in [7, 11) is -3.86. The lowest BCUT2D eigenvalue weighted by Crippen LogP contribution is -2.18. The van der Waals surface area contributed by atoms with Crippen molar-refractivity contribution in [2.75, 3.05) is 5.32 Å². The molecule has 0 spiro atoms. The van der Waals surface area contributed by atoms with Crippen LogP contribution >= 0.6 is 0 Å². The summed E-state index contributed by atoms with van der Waals surface area (Å²) >= 11 is 0. The minimum Gasteiger partial charge on any atom is -0.356 e. The van der Waals surface area contributed by atoms with Gasteiger partial charge in [0, 0.05) is 11.1 Å². The molecule has 0 saturated heterocycles. The summed E-state index contributed by atoms with van der Waals surface area (Å²) in [5.41, 5.74) is 3.01. The van der Waals surface area contributed by atoms with Crippen LogP contribution < -0.4 is 10.5 Å². The van der Waals surface area contributed by atoms with Crippen LogP contribution in [0.25, 0.3) is 11.0 Å². The van der Waals surface area contributed by atoms with E-state index in [1.54, 1.807) is 19.9 Å². The number of para-hydroxylation sites is 1. The standard InChI is InChI=1S/C17H17N3O4S/c1-10-7-12(25(18,22)23)8-14(11(10)2)19-17(21)9-15-13-5-3-4-6-16(13)24-20-15/h3-8H,9H2,1-2H3,(H,19,21)(H2,18,22,23). The summed E-state index contributed by atoms with van der Waals surface area (Å²) in [4.78, 5) is 12.3. The molecule has 25 heavy (non-hydrogen) atoms. The van der Waals surface area contributed by atoms with Gasteiger partial charge in [-0.05, 0) is 49.2 Å². The highest BCUT2D eigenvalue weighted by atomic mass is 32.2. The number of primary sulfonamides is 1. The second-order valence-electron chi connectivity index (χ2n) is 5.81. The number of aryl methyl sites for hydroxylation is 1. The van der Waals surface area contributed by atoms with Gasteiger partial charge in [0.1, 0.15) is 5.69 Å². The molecule has 0 radical (unpaired) electrons. The number of hydrogen-bond donors (Lipinski definition) is 2. The minimum absolute atomic E-state index is 0.00903. The zero-order chi connectivity index (χ0) is 18.2. The zero-order valence-electron chi connectivity index (χ0n) is 13.7. The fourth-order valence-electron chi connectivity index (χ4n) is 2.53. The van der Waals surface area contributed by atoms with Gasteiger partial charge in [-0.2, -0.15) is 0 Å². The van der Waals surface area contributed by atoms with Crippen LogP contribution in [0.15, 0.2) is 45.8 Å². The first-order chi connectivity index (χ1) is 11.8. The van der Waals surface area contributed by atoms with Crippen LogP contribution in [0.3, 0.4) is 0 Å². The van der Waals surface area contributed by atoms with Crippen molar-refractivity contribution in [3.63, 3.8) is 0 Å². The Morgan fingerprint density at radius 1 is 1.24 bits per heavy atom. The summed E-state index contributed by atoms with van der Waals surface area (Å²) in [5, 5.41) is 12.6. The van der Waals surface area contributed by atoms with Crippen molar-refractivity contribution < 1.29 is 17.7 Å². The highest BCUT2D eigenvalue weighted by molar-refractivity contribution is 7.89. The Bertz CT molecular complexity index is 1070. The number of carbonyl (C=O) groups excluding carboxylic acids is 1. The number of carbonyl (C=O) groups is 1. The Hall–Kier alpha value is -2.71. The first-order valence-corrected chi connectivity index (χ1v) is 9.07. The number of aromatic nitrogens is 1. The second kappa shape index (κ2) is 6.30. The van der Waals surface area contributed by atoms with Crippen LogP contribution in [0.5, 0.6) is 0 Å². The van der Waals surface area contributed by atoms with Crippen molar-refractivity contribution in [1.82, 2.24) is 5.16 Å². The molecule has 0 unspecified atom stereocenters. The molecule has 0 aliphatic rings. The molecule has 8 heteroatoms. The number of anilines is 1. The molecule has 3 N–H and O–H groups in total. The molecule has 1 amide bonds. The molecule has 0 aliphatic heterocycles. The Morgan fingerprint density at radius 3 is 2.68 bits per heavy atom. The maximum absolute atomic E-state index is 12.4. The molecule has 0 aliphatic carbocycles. The maximum Gasteiger partial charge on any atom is 0.238 e. The highest BCUT2D eigenvalue weighted by Crippen LogP contribution is 2.24. The summed E-state index contributed by atoms with van der Waals surface area (Å²) in [6, 6.07) is 10.1. The summed E-state index contributed by atoms with van der Waals surface area (Å²) in [6.45, 7) is 3.55. The predicted octanol–water partition coefficient (Wildman–Crippen LogP) is 2.27. The third kappa shape index (κ3) is 3.54. The lowest BCUT2D eigenvalue weighted by molar-refractivity contribution is -0.115. The first kappa shape index (κ1) is 17.1. The third-order valence-electron chi connectivity index (χ3n) is 4.02. The van der Waals surface area contributed by atoms with E-state index in [0.29, 0.717) is 22.5 Å². The van der Waals surface area contributed by atoms with E-state index in [1.807, 2.05) is 18.2 Å². The van der Waals surface area contributed by atoms with E-state index >= 15 is 0 Å². The molecule has 0 fully saturated rings. The average Bonchev–Trinajstić information content (AvgIpc) is 2.94. The molecule has 0 bridgehead atoms.